The van der Waals surface area contributed by atoms with Gasteiger partial charge in [-0.2, -0.15) is 0 Å². The summed E-state index contributed by atoms with van der Waals surface area (Å²) in [6, 6.07) is 0. The van der Waals surface area contributed by atoms with Crippen LogP contribution in [0.3, 0.4) is 0 Å². The number of esters is 1. The smallest absolute Gasteiger partial charge is 0.350 e. The van der Waals surface area contributed by atoms with Crippen molar-refractivity contribution in [3.05, 3.63) is 17.6 Å². The molecule has 0 aliphatic heterocycles. The van der Waals surface area contributed by atoms with Crippen molar-refractivity contribution < 1.29 is 19.3 Å². The van der Waals surface area contributed by atoms with Gasteiger partial charge in [0.1, 0.15) is 0 Å². The van der Waals surface area contributed by atoms with Crippen LogP contribution in [0.25, 0.3) is 5.65 Å². The maximum Gasteiger partial charge on any atom is 0.350 e. The number of carbonyl (C=O) groups is 1. The molecule has 0 amide bonds. The largest absolute Gasteiger partial charge is 0.867 e. The van der Waals surface area contributed by atoms with Gasteiger partial charge in [0.2, 0.25) is 6.54 Å². The monoisotopic (exact) mass is 264 g/mol. The van der Waals surface area contributed by atoms with Gasteiger partial charge < -0.3 is 9.84 Å². The van der Waals surface area contributed by atoms with Crippen LogP contribution in [-0.2, 0) is 22.5 Å². The number of fused-ring (bicyclic) bond motifs is 1. The van der Waals surface area contributed by atoms with E-state index in [-0.39, 0.29) is 17.9 Å². The molecule has 0 spiro atoms. The minimum atomic E-state index is -0.425. The lowest BCUT2D eigenvalue weighted by Gasteiger charge is -2.11. The highest BCUT2D eigenvalue weighted by Crippen LogP contribution is 2.20. The first kappa shape index (κ1) is 13.3. The molecule has 7 heteroatoms. The van der Waals surface area contributed by atoms with E-state index in [0.29, 0.717) is 24.3 Å². The number of carbonyl (C=O) groups excluding carboxylic acids is 1. The normalized spacial score (nSPS) is 10.9. The van der Waals surface area contributed by atoms with Gasteiger partial charge in [-0.15, -0.1) is 4.68 Å². The van der Waals surface area contributed by atoms with Gasteiger partial charge in [-0.1, -0.05) is 16.5 Å². The zero-order valence-corrected chi connectivity index (χ0v) is 11.2. The Morgan fingerprint density at radius 1 is 1.53 bits per heavy atom. The van der Waals surface area contributed by atoms with Crippen molar-refractivity contribution >= 4 is 11.6 Å². The van der Waals surface area contributed by atoms with E-state index in [1.54, 1.807) is 13.8 Å². The molecule has 0 radical (unpaired) electrons. The summed E-state index contributed by atoms with van der Waals surface area (Å²) < 4.78 is 7.58. The van der Waals surface area contributed by atoms with E-state index in [1.807, 2.05) is 6.92 Å². The SMILES string of the molecule is CCOC(=O)C[n+]1ncn2nc(C)c(CC)c([O-])c21. The summed E-state index contributed by atoms with van der Waals surface area (Å²) in [6.45, 7) is 5.62. The van der Waals surface area contributed by atoms with Crippen LogP contribution in [0.1, 0.15) is 25.1 Å². The quantitative estimate of drug-likeness (QED) is 0.550. The molecule has 0 aromatic carbocycles. The molecule has 0 N–H and O–H groups in total. The minimum absolute atomic E-state index is 0.0898. The van der Waals surface area contributed by atoms with Crippen LogP contribution in [0.2, 0.25) is 0 Å². The molecular formula is C12H16N4O3. The number of ether oxygens (including phenoxy) is 1. The van der Waals surface area contributed by atoms with Crippen LogP contribution in [0.5, 0.6) is 5.75 Å². The highest BCUT2D eigenvalue weighted by molar-refractivity contribution is 5.68. The predicted octanol–water partition coefficient (Wildman–Crippen LogP) is -0.476. The number of hydrogen-bond acceptors (Lipinski definition) is 5. The minimum Gasteiger partial charge on any atom is -0.867 e. The van der Waals surface area contributed by atoms with E-state index in [0.717, 1.165) is 0 Å². The Morgan fingerprint density at radius 3 is 2.89 bits per heavy atom. The van der Waals surface area contributed by atoms with Gasteiger partial charge in [0.05, 0.1) is 12.3 Å². The fraction of sp³-hybridized carbons (Fsp3) is 0.500. The van der Waals surface area contributed by atoms with Gasteiger partial charge in [-0.25, -0.2) is 4.79 Å². The topological polar surface area (TPSA) is 83.4 Å². The second kappa shape index (κ2) is 5.21. The van der Waals surface area contributed by atoms with Crippen LogP contribution in [0, 0.1) is 6.92 Å². The average molecular weight is 264 g/mol. The molecule has 2 heterocycles. The zero-order chi connectivity index (χ0) is 14.0. The molecule has 0 saturated carbocycles. The van der Waals surface area contributed by atoms with Gasteiger partial charge >= 0.3 is 11.6 Å². The van der Waals surface area contributed by atoms with Gasteiger partial charge in [0.25, 0.3) is 6.33 Å². The van der Waals surface area contributed by atoms with Gasteiger partial charge in [0.15, 0.2) is 0 Å². The number of hydrogen-bond donors (Lipinski definition) is 0. The number of nitrogens with zero attached hydrogens (tertiary/aromatic N) is 4. The summed E-state index contributed by atoms with van der Waals surface area (Å²) in [5.41, 5.74) is 1.61. The second-order valence-corrected chi connectivity index (χ2v) is 4.11. The number of aromatic nitrogens is 4. The van der Waals surface area contributed by atoms with E-state index < -0.39 is 5.97 Å². The van der Waals surface area contributed by atoms with Crippen molar-refractivity contribution in [1.29, 1.82) is 0 Å². The Morgan fingerprint density at radius 2 is 2.26 bits per heavy atom. The predicted molar refractivity (Wildman–Crippen MR) is 63.4 cm³/mol. The molecule has 102 valence electrons. The third-order valence-electron chi connectivity index (χ3n) is 2.87. The van der Waals surface area contributed by atoms with Gasteiger partial charge in [-0.05, 0) is 36.7 Å². The van der Waals surface area contributed by atoms with E-state index >= 15 is 0 Å². The molecule has 2 aromatic rings. The van der Waals surface area contributed by atoms with Crippen molar-refractivity contribution in [1.82, 2.24) is 14.7 Å². The van der Waals surface area contributed by atoms with Crippen LogP contribution < -0.4 is 9.79 Å². The number of rotatable bonds is 4. The molecule has 19 heavy (non-hydrogen) atoms. The molecule has 2 rings (SSSR count). The Balaban J connectivity index is 2.49. The molecule has 0 bridgehead atoms. The summed E-state index contributed by atoms with van der Waals surface area (Å²) in [5.74, 6) is -0.567. The summed E-state index contributed by atoms with van der Waals surface area (Å²) in [7, 11) is 0. The van der Waals surface area contributed by atoms with E-state index in [4.69, 9.17) is 4.74 Å². The summed E-state index contributed by atoms with van der Waals surface area (Å²) in [5, 5.41) is 20.6. The molecule has 0 aliphatic carbocycles. The molecule has 0 aliphatic rings. The Bertz CT molecular complexity index is 621. The second-order valence-electron chi connectivity index (χ2n) is 4.11. The van der Waals surface area contributed by atoms with E-state index in [2.05, 4.69) is 10.2 Å². The average Bonchev–Trinajstić information content (AvgIpc) is 2.73. The van der Waals surface area contributed by atoms with E-state index in [9.17, 15) is 9.90 Å². The Hall–Kier alpha value is -2.18. The maximum atomic E-state index is 12.3. The lowest BCUT2D eigenvalue weighted by atomic mass is 10.1. The van der Waals surface area contributed by atoms with E-state index in [1.165, 1.54) is 15.5 Å². The lowest BCUT2D eigenvalue weighted by Crippen LogP contribution is -2.41. The standard InChI is InChI=1S/C12H16N4O3/c1-4-9-8(3)14-16-7-13-15(12(16)11(9)18)6-10(17)19-5-2/h7H,4-6H2,1-3H3. The first-order valence-electron chi connectivity index (χ1n) is 6.18. The zero-order valence-electron chi connectivity index (χ0n) is 11.2. The lowest BCUT2D eigenvalue weighted by molar-refractivity contribution is -0.718. The van der Waals surface area contributed by atoms with Crippen molar-refractivity contribution in [2.75, 3.05) is 6.61 Å². The highest BCUT2D eigenvalue weighted by Gasteiger charge is 2.20. The summed E-state index contributed by atoms with van der Waals surface area (Å²) in [6.07, 6.45) is 2.02. The molecule has 0 unspecified atom stereocenters. The van der Waals surface area contributed by atoms with Crippen molar-refractivity contribution in [3.63, 3.8) is 0 Å². The molecular weight excluding hydrogens is 248 g/mol. The molecule has 0 saturated heterocycles. The third-order valence-corrected chi connectivity index (χ3v) is 2.87. The van der Waals surface area contributed by atoms with Crippen molar-refractivity contribution in [2.45, 2.75) is 33.7 Å². The van der Waals surface area contributed by atoms with Crippen LogP contribution in [0.4, 0.5) is 0 Å². The highest BCUT2D eigenvalue weighted by atomic mass is 16.5. The molecule has 0 atom stereocenters. The fourth-order valence-corrected chi connectivity index (χ4v) is 2.02. The Kier molecular flexibility index (Phi) is 3.64. The van der Waals surface area contributed by atoms with Crippen LogP contribution in [0.15, 0.2) is 6.33 Å². The first-order chi connectivity index (χ1) is 9.08. The number of aryl methyl sites for hydroxylation is 1. The fourth-order valence-electron chi connectivity index (χ4n) is 2.02. The molecule has 0 fully saturated rings. The van der Waals surface area contributed by atoms with Gasteiger partial charge in [-0.3, -0.25) is 0 Å². The molecule has 7 nitrogen and oxygen atoms in total. The maximum absolute atomic E-state index is 12.3. The van der Waals surface area contributed by atoms with Crippen molar-refractivity contribution in [2.24, 2.45) is 0 Å². The summed E-state index contributed by atoms with van der Waals surface area (Å²) in [4.78, 5) is 11.5. The van der Waals surface area contributed by atoms with Gasteiger partial charge in [0, 0.05) is 0 Å². The summed E-state index contributed by atoms with van der Waals surface area (Å²) >= 11 is 0. The van der Waals surface area contributed by atoms with Crippen molar-refractivity contribution in [3.8, 4) is 5.75 Å². The first-order valence-corrected chi connectivity index (χ1v) is 6.18. The van der Waals surface area contributed by atoms with Crippen LogP contribution in [-0.4, -0.2) is 27.3 Å². The molecule has 2 aromatic heterocycles. The van der Waals surface area contributed by atoms with Crippen LogP contribution >= 0.6 is 0 Å². The third kappa shape index (κ3) is 2.35. The Labute approximate surface area is 110 Å².